The Morgan fingerprint density at radius 1 is 0.932 bits per heavy atom. The van der Waals surface area contributed by atoms with E-state index in [2.05, 4.69) is 23.7 Å². The maximum absolute atomic E-state index is 14.2. The van der Waals surface area contributed by atoms with Gasteiger partial charge in [0.15, 0.2) is 5.79 Å². The molecular formula is C36H39FN2O5. The van der Waals surface area contributed by atoms with Crippen LogP contribution in [0.4, 0.5) is 10.1 Å². The number of hydrogen-bond donors (Lipinski definition) is 2. The van der Waals surface area contributed by atoms with Crippen LogP contribution in [0.15, 0.2) is 84.9 Å². The summed E-state index contributed by atoms with van der Waals surface area (Å²) in [4.78, 5) is 25.7. The van der Waals surface area contributed by atoms with Gasteiger partial charge in [-0.3, -0.25) is 9.59 Å². The third-order valence-electron chi connectivity index (χ3n) is 7.79. The van der Waals surface area contributed by atoms with Crippen molar-refractivity contribution in [1.82, 2.24) is 4.57 Å². The number of nitrogens with zero attached hydrogens (tertiary/aromatic N) is 1. The number of hydrogen-bond acceptors (Lipinski definition) is 4. The molecule has 2 atom stereocenters. The molecule has 1 aliphatic heterocycles. The molecule has 2 heterocycles. The molecule has 5 rings (SSSR count). The van der Waals surface area contributed by atoms with E-state index in [0.717, 1.165) is 28.1 Å². The number of aliphatic carboxylic acids is 1. The molecule has 0 aliphatic carbocycles. The van der Waals surface area contributed by atoms with Crippen molar-refractivity contribution in [3.05, 3.63) is 102 Å². The highest BCUT2D eigenvalue weighted by molar-refractivity contribution is 6.12. The Hall–Kier alpha value is -4.27. The van der Waals surface area contributed by atoms with Crippen LogP contribution in [0.2, 0.25) is 0 Å². The predicted molar refractivity (Wildman–Crippen MR) is 169 cm³/mol. The van der Waals surface area contributed by atoms with Gasteiger partial charge in [0.1, 0.15) is 5.82 Å². The smallest absolute Gasteiger partial charge is 0.305 e. The Balaban J connectivity index is 1.66. The molecule has 0 bridgehead atoms. The molecule has 0 spiro atoms. The number of nitrogens with one attached hydrogen (secondary N) is 1. The van der Waals surface area contributed by atoms with Crippen LogP contribution in [0.5, 0.6) is 0 Å². The first kappa shape index (κ1) is 31.2. The third-order valence-corrected chi connectivity index (χ3v) is 7.79. The van der Waals surface area contributed by atoms with Crippen LogP contribution in [0.3, 0.4) is 0 Å². The zero-order chi connectivity index (χ0) is 31.4. The summed E-state index contributed by atoms with van der Waals surface area (Å²) in [5, 5.41) is 12.5. The first-order valence-electron chi connectivity index (χ1n) is 15.0. The summed E-state index contributed by atoms with van der Waals surface area (Å²) < 4.78 is 28.5. The van der Waals surface area contributed by atoms with Crippen molar-refractivity contribution in [2.45, 2.75) is 77.4 Å². The van der Waals surface area contributed by atoms with Crippen molar-refractivity contribution in [3.8, 4) is 22.4 Å². The average Bonchev–Trinajstić information content (AvgIpc) is 3.32. The number of aromatic nitrogens is 1. The summed E-state index contributed by atoms with van der Waals surface area (Å²) in [5.41, 5.74) is 5.33. The lowest BCUT2D eigenvalue weighted by Gasteiger charge is -2.40. The molecule has 8 heteroatoms. The van der Waals surface area contributed by atoms with Crippen molar-refractivity contribution in [1.29, 1.82) is 0 Å². The second-order valence-corrected chi connectivity index (χ2v) is 12.0. The first-order chi connectivity index (χ1) is 21.0. The normalized spacial score (nSPS) is 17.9. The standard InChI is InChI=1S/C36H39FN2O5/c1-23(2)33-32(35(42)38-27-13-9-6-10-14-27)31(24-11-7-5-8-12-24)34(25-15-17-26(37)18-16-25)39(33)20-19-28-21-29(22-30(40)41)44-36(3,4)43-28/h5-18,23,28-29H,19-22H2,1-4H3,(H,38,42)(H,40,41)/t28?,29-/m1/s1. The Kier molecular flexibility index (Phi) is 9.32. The minimum atomic E-state index is -0.934. The summed E-state index contributed by atoms with van der Waals surface area (Å²) in [7, 11) is 0. The number of amides is 1. The van der Waals surface area contributed by atoms with Gasteiger partial charge in [0, 0.05) is 29.9 Å². The number of carbonyl (C=O) groups excluding carboxylic acids is 1. The Bertz CT molecular complexity index is 1600. The van der Waals surface area contributed by atoms with Crippen LogP contribution in [-0.2, 0) is 20.8 Å². The minimum Gasteiger partial charge on any atom is -0.481 e. The average molecular weight is 599 g/mol. The molecule has 44 heavy (non-hydrogen) atoms. The van der Waals surface area contributed by atoms with Crippen molar-refractivity contribution in [2.24, 2.45) is 0 Å². The summed E-state index contributed by atoms with van der Waals surface area (Å²) in [6, 6.07) is 25.5. The summed E-state index contributed by atoms with van der Waals surface area (Å²) in [6.45, 7) is 8.20. The topological polar surface area (TPSA) is 89.8 Å². The van der Waals surface area contributed by atoms with Crippen LogP contribution in [-0.4, -0.2) is 39.5 Å². The van der Waals surface area contributed by atoms with Gasteiger partial charge in [0.05, 0.1) is 29.9 Å². The molecule has 1 amide bonds. The number of carboxylic acid groups (broad SMARTS) is 1. The fraction of sp³-hybridized carbons (Fsp3) is 0.333. The van der Waals surface area contributed by atoms with Gasteiger partial charge in [-0.05, 0) is 73.7 Å². The lowest BCUT2D eigenvalue weighted by molar-refractivity contribution is -0.300. The van der Waals surface area contributed by atoms with Crippen molar-refractivity contribution in [2.75, 3.05) is 5.32 Å². The van der Waals surface area contributed by atoms with Crippen molar-refractivity contribution < 1.29 is 28.6 Å². The molecule has 0 saturated carbocycles. The Morgan fingerprint density at radius 3 is 2.16 bits per heavy atom. The maximum atomic E-state index is 14.2. The largest absolute Gasteiger partial charge is 0.481 e. The number of para-hydroxylation sites is 1. The van der Waals surface area contributed by atoms with E-state index in [9.17, 15) is 19.1 Å². The molecule has 230 valence electrons. The van der Waals surface area contributed by atoms with E-state index in [0.29, 0.717) is 30.6 Å². The molecule has 4 aromatic rings. The van der Waals surface area contributed by atoms with Crippen LogP contribution in [0.1, 0.15) is 68.9 Å². The van der Waals surface area contributed by atoms with Crippen molar-refractivity contribution >= 4 is 17.6 Å². The SMILES string of the molecule is CC(C)c1c(C(=O)Nc2ccccc2)c(-c2ccccc2)c(-c2ccc(F)cc2)n1CCC1C[C@H](CC(=O)O)OC(C)(C)O1. The molecule has 0 radical (unpaired) electrons. The number of carboxylic acids is 1. The van der Waals surface area contributed by atoms with E-state index < -0.39 is 17.9 Å². The Labute approximate surface area is 257 Å². The highest BCUT2D eigenvalue weighted by atomic mass is 19.1. The third kappa shape index (κ3) is 7.09. The first-order valence-corrected chi connectivity index (χ1v) is 15.0. The van der Waals surface area contributed by atoms with Gasteiger partial charge in [-0.1, -0.05) is 62.4 Å². The van der Waals surface area contributed by atoms with Gasteiger partial charge < -0.3 is 24.5 Å². The van der Waals surface area contributed by atoms with E-state index in [1.54, 1.807) is 26.0 Å². The second-order valence-electron chi connectivity index (χ2n) is 12.0. The minimum absolute atomic E-state index is 0.0463. The van der Waals surface area contributed by atoms with Gasteiger partial charge in [-0.15, -0.1) is 0 Å². The molecule has 3 aromatic carbocycles. The monoisotopic (exact) mass is 598 g/mol. The molecule has 7 nitrogen and oxygen atoms in total. The van der Waals surface area contributed by atoms with Crippen LogP contribution in [0, 0.1) is 5.82 Å². The quantitative estimate of drug-likeness (QED) is 0.192. The zero-order valence-corrected chi connectivity index (χ0v) is 25.5. The zero-order valence-electron chi connectivity index (χ0n) is 25.5. The fourth-order valence-corrected chi connectivity index (χ4v) is 6.20. The Morgan fingerprint density at radius 2 is 1.55 bits per heavy atom. The fourth-order valence-electron chi connectivity index (χ4n) is 6.20. The molecule has 1 saturated heterocycles. The summed E-state index contributed by atoms with van der Waals surface area (Å²) in [6.07, 6.45) is 0.145. The van der Waals surface area contributed by atoms with Crippen molar-refractivity contribution in [3.63, 3.8) is 0 Å². The predicted octanol–water partition coefficient (Wildman–Crippen LogP) is 8.11. The second kappa shape index (κ2) is 13.2. The van der Waals surface area contributed by atoms with E-state index >= 15 is 0 Å². The van der Waals surface area contributed by atoms with Gasteiger partial charge in [0.25, 0.3) is 5.91 Å². The molecule has 1 aliphatic rings. The lowest BCUT2D eigenvalue weighted by Crippen LogP contribution is -2.45. The number of ether oxygens (including phenoxy) is 2. The maximum Gasteiger partial charge on any atom is 0.305 e. The number of benzene rings is 3. The number of anilines is 1. The molecule has 1 unspecified atom stereocenters. The van der Waals surface area contributed by atoms with Crippen LogP contribution < -0.4 is 5.32 Å². The number of carbonyl (C=O) groups is 2. The van der Waals surface area contributed by atoms with Gasteiger partial charge in [0.2, 0.25) is 0 Å². The number of halogens is 1. The van der Waals surface area contributed by atoms with Gasteiger partial charge in [-0.2, -0.15) is 0 Å². The highest BCUT2D eigenvalue weighted by Crippen LogP contribution is 2.43. The highest BCUT2D eigenvalue weighted by Gasteiger charge is 2.37. The summed E-state index contributed by atoms with van der Waals surface area (Å²) >= 11 is 0. The van der Waals surface area contributed by atoms with E-state index in [-0.39, 0.29) is 30.2 Å². The van der Waals surface area contributed by atoms with E-state index in [4.69, 9.17) is 9.47 Å². The van der Waals surface area contributed by atoms with E-state index in [1.165, 1.54) is 12.1 Å². The van der Waals surface area contributed by atoms with Crippen LogP contribution in [0.25, 0.3) is 22.4 Å². The van der Waals surface area contributed by atoms with E-state index in [1.807, 2.05) is 60.7 Å². The van der Waals surface area contributed by atoms with Gasteiger partial charge >= 0.3 is 5.97 Å². The molecule has 1 fully saturated rings. The summed E-state index contributed by atoms with van der Waals surface area (Å²) in [5.74, 6) is -2.47. The molecule has 1 aromatic heterocycles. The molecule has 2 N–H and O–H groups in total. The van der Waals surface area contributed by atoms with Crippen LogP contribution >= 0.6 is 0 Å². The molecular weight excluding hydrogens is 559 g/mol. The number of rotatable bonds is 10. The van der Waals surface area contributed by atoms with Gasteiger partial charge in [-0.25, -0.2) is 4.39 Å². The lowest BCUT2D eigenvalue weighted by atomic mass is 9.94.